The van der Waals surface area contributed by atoms with Gasteiger partial charge in [0.25, 0.3) is 0 Å². The van der Waals surface area contributed by atoms with Crippen LogP contribution >= 0.6 is 0 Å². The van der Waals surface area contributed by atoms with E-state index in [4.69, 9.17) is 4.74 Å². The highest BCUT2D eigenvalue weighted by atomic mass is 16.5. The van der Waals surface area contributed by atoms with E-state index in [2.05, 4.69) is 5.10 Å². The molecule has 1 N–H and O–H groups in total. The van der Waals surface area contributed by atoms with Crippen molar-refractivity contribution in [1.29, 1.82) is 0 Å². The molecule has 2 rings (SSSR count). The molecule has 1 spiro atoms. The van der Waals surface area contributed by atoms with Gasteiger partial charge in [-0.05, 0) is 0 Å². The highest BCUT2D eigenvalue weighted by Gasteiger charge is 2.38. The summed E-state index contributed by atoms with van der Waals surface area (Å²) in [6, 6.07) is 0. The van der Waals surface area contributed by atoms with Gasteiger partial charge in [-0.3, -0.25) is 0 Å². The van der Waals surface area contributed by atoms with E-state index in [-0.39, 0.29) is 5.90 Å². The average molecular weight is 172 g/mol. The molecule has 0 bridgehead atoms. The molecule has 2 aliphatic heterocycles. The van der Waals surface area contributed by atoms with Gasteiger partial charge < -0.3 is 14.9 Å². The van der Waals surface area contributed by atoms with Gasteiger partial charge in [0.2, 0.25) is 0 Å². The van der Waals surface area contributed by atoms with Gasteiger partial charge in [0.1, 0.15) is 25.7 Å². The van der Waals surface area contributed by atoms with Crippen LogP contribution in [0.1, 0.15) is 0 Å². The molecule has 5 heteroatoms. The van der Waals surface area contributed by atoms with E-state index in [1.807, 2.05) is 0 Å². The van der Waals surface area contributed by atoms with Gasteiger partial charge in [-0.1, -0.05) is 5.10 Å². The lowest BCUT2D eigenvalue weighted by Gasteiger charge is -2.32. The Labute approximate surface area is 70.5 Å². The lowest BCUT2D eigenvalue weighted by molar-refractivity contribution is -0.938. The zero-order valence-corrected chi connectivity index (χ0v) is 6.77. The standard InChI is InChI=1S/C7H12N2O3/c10-6-5-9(8-7(6)11)1-3-12-4-2-9/h6,10H,1-5H2/t6-/m0/s1. The minimum absolute atomic E-state index is 0.375. The van der Waals surface area contributed by atoms with Crippen LogP contribution in [0.3, 0.4) is 0 Å². The fraction of sp³-hybridized carbons (Fsp3) is 0.857. The first kappa shape index (κ1) is 7.97. The quantitative estimate of drug-likeness (QED) is 0.425. The lowest BCUT2D eigenvalue weighted by Crippen LogP contribution is -2.51. The Kier molecular flexibility index (Phi) is 1.79. The molecular weight excluding hydrogens is 160 g/mol. The smallest absolute Gasteiger partial charge is 0.138 e. The Balaban J connectivity index is 2.12. The van der Waals surface area contributed by atoms with Crippen molar-refractivity contribution in [3.63, 3.8) is 0 Å². The third-order valence-electron chi connectivity index (χ3n) is 2.41. The molecule has 1 fully saturated rings. The van der Waals surface area contributed by atoms with Gasteiger partial charge in [0.05, 0.1) is 19.1 Å². The maximum Gasteiger partial charge on any atom is 0.138 e. The van der Waals surface area contributed by atoms with Gasteiger partial charge in [0, 0.05) is 0 Å². The van der Waals surface area contributed by atoms with Crippen molar-refractivity contribution < 1.29 is 19.5 Å². The number of aliphatic hydroxyl groups excluding tert-OH is 1. The highest BCUT2D eigenvalue weighted by Crippen LogP contribution is 2.18. The van der Waals surface area contributed by atoms with Crippen LogP contribution < -0.4 is 5.11 Å². The van der Waals surface area contributed by atoms with Crippen molar-refractivity contribution >= 4 is 5.90 Å². The Morgan fingerprint density at radius 3 is 2.67 bits per heavy atom. The summed E-state index contributed by atoms with van der Waals surface area (Å²) >= 11 is 0. The second-order valence-corrected chi connectivity index (χ2v) is 3.29. The van der Waals surface area contributed by atoms with E-state index >= 15 is 0 Å². The first-order valence-electron chi connectivity index (χ1n) is 4.11. The van der Waals surface area contributed by atoms with Gasteiger partial charge in [-0.2, -0.15) is 4.59 Å². The Morgan fingerprint density at radius 1 is 1.50 bits per heavy atom. The molecule has 0 radical (unpaired) electrons. The summed E-state index contributed by atoms with van der Waals surface area (Å²) in [7, 11) is 0. The van der Waals surface area contributed by atoms with Gasteiger partial charge >= 0.3 is 0 Å². The number of nitrogens with zero attached hydrogens (tertiary/aromatic N) is 2. The van der Waals surface area contributed by atoms with E-state index < -0.39 is 6.10 Å². The molecule has 0 aromatic carbocycles. The Morgan fingerprint density at radius 2 is 2.17 bits per heavy atom. The largest absolute Gasteiger partial charge is 0.856 e. The van der Waals surface area contributed by atoms with Gasteiger partial charge in [0.15, 0.2) is 0 Å². The summed E-state index contributed by atoms with van der Waals surface area (Å²) in [6.45, 7) is 3.11. The predicted octanol–water partition coefficient (Wildman–Crippen LogP) is -2.12. The fourth-order valence-corrected chi connectivity index (χ4v) is 1.68. The van der Waals surface area contributed by atoms with Crippen LogP contribution in [0.5, 0.6) is 0 Å². The van der Waals surface area contributed by atoms with E-state index in [0.29, 0.717) is 37.4 Å². The minimum atomic E-state index is -0.886. The summed E-state index contributed by atoms with van der Waals surface area (Å²) < 4.78 is 5.53. The number of ether oxygens (including phenoxy) is 1. The Hall–Kier alpha value is -0.650. The van der Waals surface area contributed by atoms with Crippen molar-refractivity contribution in [3.05, 3.63) is 0 Å². The number of rotatable bonds is 0. The molecule has 1 saturated heterocycles. The third kappa shape index (κ3) is 1.20. The molecule has 0 saturated carbocycles. The highest BCUT2D eigenvalue weighted by molar-refractivity contribution is 5.76. The fourth-order valence-electron chi connectivity index (χ4n) is 1.68. The van der Waals surface area contributed by atoms with Crippen LogP contribution in [0.2, 0.25) is 0 Å². The van der Waals surface area contributed by atoms with Crippen molar-refractivity contribution in [2.75, 3.05) is 32.8 Å². The molecule has 0 aromatic heterocycles. The van der Waals surface area contributed by atoms with Crippen molar-refractivity contribution in [2.45, 2.75) is 6.10 Å². The molecular formula is C7H12N2O3. The minimum Gasteiger partial charge on any atom is -0.856 e. The molecule has 5 nitrogen and oxygen atoms in total. The summed E-state index contributed by atoms with van der Waals surface area (Å²) in [4.78, 5) is 0. The van der Waals surface area contributed by atoms with Crippen LogP contribution in [-0.2, 0) is 4.74 Å². The topological polar surface area (TPSA) is 64.9 Å². The summed E-state index contributed by atoms with van der Waals surface area (Å²) in [5.41, 5.74) is 0. The average Bonchev–Trinajstić information content (AvgIpc) is 2.29. The maximum atomic E-state index is 11.0. The van der Waals surface area contributed by atoms with Gasteiger partial charge in [-0.15, -0.1) is 0 Å². The molecule has 2 heterocycles. The molecule has 1 atom stereocenters. The zero-order valence-electron chi connectivity index (χ0n) is 6.77. The van der Waals surface area contributed by atoms with E-state index in [0.717, 1.165) is 0 Å². The van der Waals surface area contributed by atoms with E-state index in [1.54, 1.807) is 0 Å². The molecule has 68 valence electrons. The SMILES string of the molecule is [O-]C1=N[N+]2(CCOCC2)C[C@@H]1O. The predicted molar refractivity (Wildman–Crippen MR) is 39.1 cm³/mol. The number of aliphatic hydroxyl groups is 1. The lowest BCUT2D eigenvalue weighted by atomic mass is 10.3. The van der Waals surface area contributed by atoms with Crippen LogP contribution in [-0.4, -0.2) is 54.5 Å². The van der Waals surface area contributed by atoms with E-state index in [9.17, 15) is 10.2 Å². The molecule has 2 aliphatic rings. The van der Waals surface area contributed by atoms with Crippen molar-refractivity contribution in [1.82, 2.24) is 0 Å². The number of hydrogen-bond acceptors (Lipinski definition) is 4. The van der Waals surface area contributed by atoms with Crippen molar-refractivity contribution in [2.24, 2.45) is 5.10 Å². The molecule has 12 heavy (non-hydrogen) atoms. The van der Waals surface area contributed by atoms with Crippen LogP contribution in [0, 0.1) is 0 Å². The third-order valence-corrected chi connectivity index (χ3v) is 2.41. The second-order valence-electron chi connectivity index (χ2n) is 3.29. The van der Waals surface area contributed by atoms with Gasteiger partial charge in [-0.25, -0.2) is 0 Å². The molecule has 0 aliphatic carbocycles. The van der Waals surface area contributed by atoms with Crippen molar-refractivity contribution in [3.8, 4) is 0 Å². The summed E-state index contributed by atoms with van der Waals surface area (Å²) in [6.07, 6.45) is -0.886. The van der Waals surface area contributed by atoms with Crippen LogP contribution in [0.4, 0.5) is 0 Å². The molecule has 0 unspecified atom stereocenters. The van der Waals surface area contributed by atoms with Crippen LogP contribution in [0.15, 0.2) is 5.10 Å². The monoisotopic (exact) mass is 172 g/mol. The second kappa shape index (κ2) is 2.69. The molecule has 0 aromatic rings. The maximum absolute atomic E-state index is 11.0. The Bertz CT molecular complexity index is 211. The van der Waals surface area contributed by atoms with Crippen LogP contribution in [0.25, 0.3) is 0 Å². The zero-order chi connectivity index (χ0) is 8.60. The van der Waals surface area contributed by atoms with E-state index in [1.165, 1.54) is 0 Å². The normalized spacial score (nSPS) is 33.8. The number of hydrogen-bond donors (Lipinski definition) is 1. The number of morpholine rings is 1. The summed E-state index contributed by atoms with van der Waals surface area (Å²) in [5, 5.41) is 24.1. The number of quaternary nitrogens is 1. The molecule has 0 amide bonds. The first-order chi connectivity index (χ1) is 5.72. The summed E-state index contributed by atoms with van der Waals surface area (Å²) in [5.74, 6) is -0.378. The first-order valence-corrected chi connectivity index (χ1v) is 4.11.